The number of aliphatic hydroxyl groups is 3. The first kappa shape index (κ1) is 33.4. The van der Waals surface area contributed by atoms with Crippen molar-refractivity contribution in [3.8, 4) is 0 Å². The maximum Gasteiger partial charge on any atom is 0.314 e. The van der Waals surface area contributed by atoms with E-state index in [1.807, 2.05) is 0 Å². The van der Waals surface area contributed by atoms with E-state index < -0.39 is 58.9 Å². The number of rotatable bonds is 4. The van der Waals surface area contributed by atoms with Crippen molar-refractivity contribution in [2.24, 2.45) is 56.7 Å². The number of hydrogen-bond acceptors (Lipinski definition) is 7. The Morgan fingerprint density at radius 2 is 1.51 bits per heavy atom. The maximum atomic E-state index is 13.8. The van der Waals surface area contributed by atoms with Gasteiger partial charge in [-0.05, 0) is 111 Å². The molecule has 0 aromatic heterocycles. The lowest BCUT2D eigenvalue weighted by Gasteiger charge is -2.70. The summed E-state index contributed by atoms with van der Waals surface area (Å²) in [6.45, 7) is 15.0. The molecule has 5 fully saturated rings. The van der Waals surface area contributed by atoms with E-state index in [1.54, 1.807) is 6.92 Å². The van der Waals surface area contributed by atoms with E-state index in [2.05, 4.69) is 47.6 Å². The van der Waals surface area contributed by atoms with Gasteiger partial charge in [-0.25, -0.2) is 0 Å². The summed E-state index contributed by atoms with van der Waals surface area (Å²) in [5.41, 5.74) is -2.13. The average molecular weight is 633 g/mol. The predicted octanol–water partition coefficient (Wildman–Crippen LogP) is 5.01. The molecule has 6 aliphatic rings. The third-order valence-corrected chi connectivity index (χ3v) is 15.3. The van der Waals surface area contributed by atoms with Crippen LogP contribution in [-0.4, -0.2) is 74.3 Å². The molecule has 1 saturated heterocycles. The van der Waals surface area contributed by atoms with Crippen molar-refractivity contribution >= 4 is 11.9 Å². The molecule has 4 saturated carbocycles. The minimum atomic E-state index is -1.36. The van der Waals surface area contributed by atoms with Crippen LogP contribution in [0.1, 0.15) is 106 Å². The van der Waals surface area contributed by atoms with Crippen molar-refractivity contribution in [2.45, 2.75) is 143 Å². The quantitative estimate of drug-likeness (QED) is 0.213. The Kier molecular flexibility index (Phi) is 7.97. The smallest absolute Gasteiger partial charge is 0.314 e. The summed E-state index contributed by atoms with van der Waals surface area (Å²) in [4.78, 5) is 26.8. The highest BCUT2D eigenvalue weighted by atomic mass is 16.7. The summed E-state index contributed by atoms with van der Waals surface area (Å²) in [7, 11) is 0. The Balaban J connectivity index is 1.35. The molecular weight excluding hydrogens is 576 g/mol. The lowest BCUT2D eigenvalue weighted by Crippen LogP contribution is -2.68. The lowest BCUT2D eigenvalue weighted by molar-refractivity contribution is -0.324. The zero-order valence-corrected chi connectivity index (χ0v) is 28.2. The lowest BCUT2D eigenvalue weighted by atomic mass is 9.33. The van der Waals surface area contributed by atoms with E-state index in [-0.39, 0.29) is 40.6 Å². The number of aliphatic carboxylic acids is 2. The van der Waals surface area contributed by atoms with Gasteiger partial charge in [-0.1, -0.05) is 53.2 Å². The molecule has 9 nitrogen and oxygen atoms in total. The summed E-state index contributed by atoms with van der Waals surface area (Å²) in [5.74, 6) is -1.08. The van der Waals surface area contributed by atoms with E-state index in [0.29, 0.717) is 31.6 Å². The fourth-order valence-corrected chi connectivity index (χ4v) is 12.5. The molecule has 15 atom stereocenters. The third kappa shape index (κ3) is 4.28. The van der Waals surface area contributed by atoms with Crippen LogP contribution in [0.25, 0.3) is 0 Å². The standard InChI is InChI=1S/C36H56O9/c1-18-10-15-35(30(40)41)16-17-36(31(42)43)21(25(35)19(18)2)8-9-23-33(6)13-12-24(32(4,5)22(33)11-14-34(23,36)7)45-29-28(39)27(38)26(37)20(3)44-29/h8,18-20,22-29,37-39H,9-17H2,1-7H3,(H,40,41)(H,42,43)/t18-,19+,20+,22-,23+,24+,25-,26+,27-,28-,29+,33+,34-,35+,36-/m1/s1. The fourth-order valence-electron chi connectivity index (χ4n) is 12.5. The van der Waals surface area contributed by atoms with E-state index in [1.165, 1.54) is 0 Å². The highest BCUT2D eigenvalue weighted by Gasteiger charge is 2.73. The van der Waals surface area contributed by atoms with Gasteiger partial charge < -0.3 is 35.0 Å². The molecule has 0 unspecified atom stereocenters. The van der Waals surface area contributed by atoms with Gasteiger partial charge in [-0.3, -0.25) is 9.59 Å². The highest BCUT2D eigenvalue weighted by molar-refractivity contribution is 5.84. The van der Waals surface area contributed by atoms with E-state index >= 15 is 0 Å². The molecule has 5 aliphatic carbocycles. The van der Waals surface area contributed by atoms with Gasteiger partial charge in [0.15, 0.2) is 6.29 Å². The largest absolute Gasteiger partial charge is 0.481 e. The molecule has 5 N–H and O–H groups in total. The molecule has 254 valence electrons. The van der Waals surface area contributed by atoms with Gasteiger partial charge in [0.05, 0.1) is 23.0 Å². The maximum absolute atomic E-state index is 13.8. The van der Waals surface area contributed by atoms with Crippen LogP contribution in [0, 0.1) is 56.7 Å². The Morgan fingerprint density at radius 1 is 0.822 bits per heavy atom. The molecule has 1 aliphatic heterocycles. The van der Waals surface area contributed by atoms with E-state index in [0.717, 1.165) is 37.7 Å². The average Bonchev–Trinajstić information content (AvgIpc) is 2.97. The molecule has 9 heteroatoms. The van der Waals surface area contributed by atoms with Gasteiger partial charge in [0, 0.05) is 0 Å². The zero-order chi connectivity index (χ0) is 33.1. The Labute approximate surface area is 267 Å². The molecule has 0 bridgehead atoms. The second-order valence-electron chi connectivity index (χ2n) is 17.2. The number of allylic oxidation sites excluding steroid dienone is 1. The molecule has 0 aromatic carbocycles. The first-order chi connectivity index (χ1) is 20.9. The first-order valence-electron chi connectivity index (χ1n) is 17.4. The predicted molar refractivity (Wildman–Crippen MR) is 166 cm³/mol. The van der Waals surface area contributed by atoms with Crippen LogP contribution >= 0.6 is 0 Å². The minimum absolute atomic E-state index is 0.0958. The molecule has 1 heterocycles. The van der Waals surface area contributed by atoms with Gasteiger partial charge in [-0.2, -0.15) is 0 Å². The second-order valence-corrected chi connectivity index (χ2v) is 17.2. The van der Waals surface area contributed by atoms with Gasteiger partial charge >= 0.3 is 11.9 Å². The van der Waals surface area contributed by atoms with Crippen molar-refractivity contribution in [1.82, 2.24) is 0 Å². The molecule has 0 aromatic rings. The van der Waals surface area contributed by atoms with Crippen LogP contribution in [-0.2, 0) is 19.1 Å². The van der Waals surface area contributed by atoms with Gasteiger partial charge in [0.2, 0.25) is 0 Å². The van der Waals surface area contributed by atoms with E-state index in [9.17, 15) is 35.1 Å². The molecule has 45 heavy (non-hydrogen) atoms. The number of carboxylic acid groups (broad SMARTS) is 2. The zero-order valence-electron chi connectivity index (χ0n) is 28.2. The van der Waals surface area contributed by atoms with Crippen LogP contribution in [0.15, 0.2) is 11.6 Å². The van der Waals surface area contributed by atoms with Gasteiger partial charge in [-0.15, -0.1) is 0 Å². The summed E-state index contributed by atoms with van der Waals surface area (Å²) < 4.78 is 12.3. The number of fused-ring (bicyclic) bond motifs is 7. The van der Waals surface area contributed by atoms with E-state index in [4.69, 9.17) is 9.47 Å². The second kappa shape index (κ2) is 10.7. The van der Waals surface area contributed by atoms with Crippen molar-refractivity contribution in [1.29, 1.82) is 0 Å². The van der Waals surface area contributed by atoms with Crippen LogP contribution in [0.5, 0.6) is 0 Å². The van der Waals surface area contributed by atoms with Crippen molar-refractivity contribution in [2.75, 3.05) is 0 Å². The van der Waals surface area contributed by atoms with Crippen molar-refractivity contribution < 1.29 is 44.6 Å². The Bertz CT molecular complexity index is 1250. The van der Waals surface area contributed by atoms with Gasteiger partial charge in [0.25, 0.3) is 0 Å². The van der Waals surface area contributed by atoms with Crippen LogP contribution < -0.4 is 0 Å². The number of aliphatic hydroxyl groups excluding tert-OH is 3. The SMILES string of the molecule is C[C@H]1[C@H](C)CC[C@]2(C(=O)O)CC[C@]3(C(=O)O)C(=CC[C@H]4[C@@]5(C)CC[C@H](O[C@@H]6O[C@@H](C)[C@H](O)[C@@H](O)[C@H]6O)C(C)(C)[C@H]5CC[C@]43C)[C@@H]12. The van der Waals surface area contributed by atoms with Crippen LogP contribution in [0.4, 0.5) is 0 Å². The molecule has 0 spiro atoms. The Hall–Kier alpha value is -1.52. The number of carboxylic acids is 2. The number of hydrogen-bond donors (Lipinski definition) is 5. The van der Waals surface area contributed by atoms with Crippen LogP contribution in [0.2, 0.25) is 0 Å². The molecule has 0 radical (unpaired) electrons. The van der Waals surface area contributed by atoms with Crippen molar-refractivity contribution in [3.63, 3.8) is 0 Å². The Morgan fingerprint density at radius 3 is 2.16 bits per heavy atom. The minimum Gasteiger partial charge on any atom is -0.481 e. The molecular formula is C36H56O9. The normalized spacial score (nSPS) is 54.0. The summed E-state index contributed by atoms with van der Waals surface area (Å²) in [6.07, 6.45) is 2.36. The number of carbonyl (C=O) groups is 2. The highest BCUT2D eigenvalue weighted by Crippen LogP contribution is 2.76. The van der Waals surface area contributed by atoms with Gasteiger partial charge in [0.1, 0.15) is 18.3 Å². The summed E-state index contributed by atoms with van der Waals surface area (Å²) in [5, 5.41) is 53.2. The fraction of sp³-hybridized carbons (Fsp3) is 0.889. The monoisotopic (exact) mass is 632 g/mol. The first-order valence-corrected chi connectivity index (χ1v) is 17.4. The third-order valence-electron chi connectivity index (χ3n) is 15.3. The molecule has 0 amide bonds. The summed E-state index contributed by atoms with van der Waals surface area (Å²) in [6, 6.07) is 0. The van der Waals surface area contributed by atoms with Crippen molar-refractivity contribution in [3.05, 3.63) is 11.6 Å². The number of ether oxygens (including phenoxy) is 2. The van der Waals surface area contributed by atoms with Crippen LogP contribution in [0.3, 0.4) is 0 Å². The summed E-state index contributed by atoms with van der Waals surface area (Å²) >= 11 is 0. The molecule has 6 rings (SSSR count). The topological polar surface area (TPSA) is 154 Å².